The van der Waals surface area contributed by atoms with Crippen molar-refractivity contribution in [1.82, 2.24) is 4.90 Å². The largest absolute Gasteiger partial charge is 0.481 e. The lowest BCUT2D eigenvalue weighted by Crippen LogP contribution is -2.51. The Morgan fingerprint density at radius 3 is 2.65 bits per heavy atom. The van der Waals surface area contributed by atoms with Gasteiger partial charge in [-0.1, -0.05) is 6.92 Å². The molecule has 17 heavy (non-hydrogen) atoms. The molecule has 0 aliphatic carbocycles. The molecule has 1 aliphatic rings. The molecular formula is C9H15NO5S2. The topological polar surface area (TPSA) is 91.8 Å². The predicted octanol–water partition coefficient (Wildman–Crippen LogP) is -0.203. The van der Waals surface area contributed by atoms with E-state index in [1.165, 1.54) is 23.6 Å². The third-order valence-electron chi connectivity index (χ3n) is 2.52. The molecule has 0 spiro atoms. The molecule has 98 valence electrons. The second kappa shape index (κ2) is 5.72. The van der Waals surface area contributed by atoms with Crippen LogP contribution in [0.25, 0.3) is 0 Å². The molecule has 0 aromatic rings. The van der Waals surface area contributed by atoms with Crippen LogP contribution in [0.4, 0.5) is 0 Å². The molecule has 1 fully saturated rings. The summed E-state index contributed by atoms with van der Waals surface area (Å²) < 4.78 is 23.6. The zero-order valence-corrected chi connectivity index (χ0v) is 11.1. The van der Waals surface area contributed by atoms with E-state index in [0.29, 0.717) is 18.1 Å². The highest BCUT2D eigenvalue weighted by atomic mass is 32.2. The van der Waals surface area contributed by atoms with Crippen molar-refractivity contribution in [3.05, 3.63) is 0 Å². The maximum atomic E-state index is 11.8. The molecule has 1 aliphatic heterocycles. The second-order valence-electron chi connectivity index (χ2n) is 3.64. The summed E-state index contributed by atoms with van der Waals surface area (Å²) in [4.78, 5) is 23.3. The Bertz CT molecular complexity index is 406. The van der Waals surface area contributed by atoms with Gasteiger partial charge in [-0.2, -0.15) is 11.8 Å². The van der Waals surface area contributed by atoms with Crippen molar-refractivity contribution in [2.45, 2.75) is 18.7 Å². The van der Waals surface area contributed by atoms with Crippen molar-refractivity contribution in [2.24, 2.45) is 0 Å². The van der Waals surface area contributed by atoms with Gasteiger partial charge in [0.1, 0.15) is 11.8 Å². The Kier molecular flexibility index (Phi) is 4.81. The lowest BCUT2D eigenvalue weighted by Gasteiger charge is -2.34. The first-order valence-corrected chi connectivity index (χ1v) is 8.06. The minimum absolute atomic E-state index is 0.0465. The van der Waals surface area contributed by atoms with Crippen molar-refractivity contribution >= 4 is 33.5 Å². The summed E-state index contributed by atoms with van der Waals surface area (Å²) in [5.74, 6) is -0.946. The number of sulfone groups is 1. The summed E-state index contributed by atoms with van der Waals surface area (Å²) >= 11 is 1.46. The van der Waals surface area contributed by atoms with Gasteiger partial charge in [0.25, 0.3) is 0 Å². The number of thioether (sulfide) groups is 1. The van der Waals surface area contributed by atoms with Gasteiger partial charge in [-0.3, -0.25) is 9.59 Å². The lowest BCUT2D eigenvalue weighted by molar-refractivity contribution is -0.144. The van der Waals surface area contributed by atoms with E-state index in [0.717, 1.165) is 0 Å². The van der Waals surface area contributed by atoms with Gasteiger partial charge in [0.15, 0.2) is 9.84 Å². The van der Waals surface area contributed by atoms with Crippen LogP contribution in [0.1, 0.15) is 13.3 Å². The van der Waals surface area contributed by atoms with Crippen molar-refractivity contribution in [3.63, 3.8) is 0 Å². The minimum atomic E-state index is -3.36. The molecule has 6 nitrogen and oxygen atoms in total. The standard InChI is InChI=1S/C9H15NO5S2/c1-2-17(14,15)8-6-16-4-3-10(8)7(11)5-9(12)13/h8H,2-6H2,1H3,(H,12,13). The SMILES string of the molecule is CCS(=O)(=O)C1CSCCN1C(=O)CC(=O)O. The van der Waals surface area contributed by atoms with Gasteiger partial charge in [-0.05, 0) is 0 Å². The van der Waals surface area contributed by atoms with Crippen LogP contribution in [0, 0.1) is 0 Å². The highest BCUT2D eigenvalue weighted by molar-refractivity contribution is 8.01. The number of carboxylic acid groups (broad SMARTS) is 1. The Morgan fingerprint density at radius 1 is 1.47 bits per heavy atom. The minimum Gasteiger partial charge on any atom is -0.481 e. The van der Waals surface area contributed by atoms with E-state index in [2.05, 4.69) is 0 Å². The van der Waals surface area contributed by atoms with Crippen LogP contribution in [0.15, 0.2) is 0 Å². The van der Waals surface area contributed by atoms with Gasteiger partial charge in [-0.25, -0.2) is 8.42 Å². The average molecular weight is 281 g/mol. The predicted molar refractivity (Wildman–Crippen MR) is 64.5 cm³/mol. The molecule has 1 heterocycles. The Morgan fingerprint density at radius 2 is 2.12 bits per heavy atom. The number of hydrogen-bond acceptors (Lipinski definition) is 5. The second-order valence-corrected chi connectivity index (χ2v) is 7.24. The molecule has 0 aromatic carbocycles. The first kappa shape index (κ1) is 14.3. The summed E-state index contributed by atoms with van der Waals surface area (Å²) in [5, 5.41) is 7.68. The van der Waals surface area contributed by atoms with Gasteiger partial charge < -0.3 is 10.0 Å². The van der Waals surface area contributed by atoms with E-state index in [-0.39, 0.29) is 5.75 Å². The van der Waals surface area contributed by atoms with Crippen molar-refractivity contribution in [1.29, 1.82) is 0 Å². The monoisotopic (exact) mass is 281 g/mol. The Labute approximate surface area is 104 Å². The third kappa shape index (κ3) is 3.60. The molecule has 0 aromatic heterocycles. The number of nitrogens with zero attached hydrogens (tertiary/aromatic N) is 1. The third-order valence-corrected chi connectivity index (χ3v) is 5.81. The van der Waals surface area contributed by atoms with Crippen LogP contribution in [-0.2, 0) is 19.4 Å². The summed E-state index contributed by atoms with van der Waals surface area (Å²) in [6.45, 7) is 1.81. The zero-order chi connectivity index (χ0) is 13.1. The fraction of sp³-hybridized carbons (Fsp3) is 0.778. The molecule has 1 N–H and O–H groups in total. The Hall–Kier alpha value is -0.760. The van der Waals surface area contributed by atoms with E-state index >= 15 is 0 Å². The Balaban J connectivity index is 2.87. The normalized spacial score (nSPS) is 21.2. The molecule has 0 saturated carbocycles. The summed E-state index contributed by atoms with van der Waals surface area (Å²) in [7, 11) is -3.36. The first-order chi connectivity index (χ1) is 7.88. The number of aliphatic carboxylic acids is 1. The molecule has 0 bridgehead atoms. The molecule has 1 amide bonds. The van der Waals surface area contributed by atoms with Crippen molar-refractivity contribution in [2.75, 3.05) is 23.8 Å². The van der Waals surface area contributed by atoms with Crippen LogP contribution in [0.3, 0.4) is 0 Å². The van der Waals surface area contributed by atoms with Gasteiger partial charge in [-0.15, -0.1) is 0 Å². The quantitative estimate of drug-likeness (QED) is 0.717. The molecule has 8 heteroatoms. The average Bonchev–Trinajstić information content (AvgIpc) is 2.28. The van der Waals surface area contributed by atoms with E-state index < -0.39 is 33.5 Å². The van der Waals surface area contributed by atoms with Crippen LogP contribution in [0.2, 0.25) is 0 Å². The lowest BCUT2D eigenvalue weighted by atomic mass is 10.3. The maximum absolute atomic E-state index is 11.8. The van der Waals surface area contributed by atoms with E-state index in [4.69, 9.17) is 5.11 Å². The van der Waals surface area contributed by atoms with Gasteiger partial charge >= 0.3 is 5.97 Å². The number of carbonyl (C=O) groups is 2. The maximum Gasteiger partial charge on any atom is 0.312 e. The van der Waals surface area contributed by atoms with E-state index in [1.807, 2.05) is 0 Å². The fourth-order valence-electron chi connectivity index (χ4n) is 1.59. The summed E-state index contributed by atoms with van der Waals surface area (Å²) in [5.41, 5.74) is 0. The van der Waals surface area contributed by atoms with Crippen LogP contribution >= 0.6 is 11.8 Å². The number of carboxylic acids is 1. The molecule has 0 radical (unpaired) electrons. The molecule has 1 atom stereocenters. The number of amides is 1. The highest BCUT2D eigenvalue weighted by Gasteiger charge is 2.36. The van der Waals surface area contributed by atoms with Crippen molar-refractivity contribution in [3.8, 4) is 0 Å². The number of hydrogen-bond donors (Lipinski definition) is 1. The van der Waals surface area contributed by atoms with Gasteiger partial charge in [0.05, 0.1) is 0 Å². The molecule has 1 unspecified atom stereocenters. The van der Waals surface area contributed by atoms with Crippen molar-refractivity contribution < 1.29 is 23.1 Å². The van der Waals surface area contributed by atoms with Crippen LogP contribution in [0.5, 0.6) is 0 Å². The molecule has 1 saturated heterocycles. The molecular weight excluding hydrogens is 266 g/mol. The van der Waals surface area contributed by atoms with Crippen LogP contribution in [-0.4, -0.2) is 59.5 Å². The van der Waals surface area contributed by atoms with Gasteiger partial charge in [0.2, 0.25) is 5.91 Å². The fourth-order valence-corrected chi connectivity index (χ4v) is 4.57. The summed E-state index contributed by atoms with van der Waals surface area (Å²) in [6.07, 6.45) is -0.652. The highest BCUT2D eigenvalue weighted by Crippen LogP contribution is 2.22. The smallest absolute Gasteiger partial charge is 0.312 e. The van der Waals surface area contributed by atoms with E-state index in [9.17, 15) is 18.0 Å². The zero-order valence-electron chi connectivity index (χ0n) is 9.46. The van der Waals surface area contributed by atoms with E-state index in [1.54, 1.807) is 0 Å². The van der Waals surface area contributed by atoms with Gasteiger partial charge in [0, 0.05) is 23.8 Å². The number of rotatable bonds is 4. The van der Waals surface area contributed by atoms with Crippen LogP contribution < -0.4 is 0 Å². The first-order valence-electron chi connectivity index (χ1n) is 5.19. The number of carbonyl (C=O) groups excluding carboxylic acids is 1. The summed E-state index contributed by atoms with van der Waals surface area (Å²) in [6, 6.07) is 0. The molecule has 1 rings (SSSR count).